The zero-order chi connectivity index (χ0) is 5.98. The van der Waals surface area contributed by atoms with Crippen molar-refractivity contribution in [1.82, 2.24) is 5.16 Å². The summed E-state index contributed by atoms with van der Waals surface area (Å²) >= 11 is 0. The van der Waals surface area contributed by atoms with Crippen molar-refractivity contribution < 1.29 is 4.52 Å². The highest BCUT2D eigenvalue weighted by atomic mass is 16.5. The lowest BCUT2D eigenvalue weighted by Gasteiger charge is -1.65. The number of hydrogen-bond donors (Lipinski definition) is 1. The molecule has 42 valence electrons. The average molecular weight is 111 g/mol. The van der Waals surface area contributed by atoms with Crippen LogP contribution < -0.4 is 0 Å². The molecule has 0 aliphatic carbocycles. The molecule has 0 bridgehead atoms. The maximum absolute atomic E-state index is 6.46. The van der Waals surface area contributed by atoms with Crippen molar-refractivity contribution in [2.45, 2.75) is 6.92 Å². The average Bonchev–Trinajstić information content (AvgIpc) is 2.14. The van der Waals surface area contributed by atoms with E-state index in [1.807, 2.05) is 0 Å². The Balaban J connectivity index is 3.00. The summed E-state index contributed by atoms with van der Waals surface area (Å²) in [6, 6.07) is 1.59. The molecule has 0 fully saturated rings. The van der Waals surface area contributed by atoms with E-state index in [0.29, 0.717) is 11.6 Å². The van der Waals surface area contributed by atoms with Crippen molar-refractivity contribution >= 4 is 5.82 Å². The fraction of sp³-hybridized carbons (Fsp3) is 0.250. The van der Waals surface area contributed by atoms with Crippen molar-refractivity contribution in [1.29, 1.82) is 5.53 Å². The van der Waals surface area contributed by atoms with Crippen molar-refractivity contribution in [2.24, 2.45) is 5.11 Å². The van der Waals surface area contributed by atoms with Crippen LogP contribution in [0.2, 0.25) is 0 Å². The number of aryl methyl sites for hydroxylation is 1. The summed E-state index contributed by atoms with van der Waals surface area (Å²) in [5.41, 5.74) is 6.46. The Morgan fingerprint density at radius 2 is 2.62 bits per heavy atom. The third-order valence-corrected chi connectivity index (χ3v) is 0.730. The van der Waals surface area contributed by atoms with Crippen LogP contribution in [0.25, 0.3) is 0 Å². The molecular weight excluding hydrogens is 106 g/mol. The Kier molecular flexibility index (Phi) is 1.07. The Morgan fingerprint density at radius 1 is 1.88 bits per heavy atom. The summed E-state index contributed by atoms with van der Waals surface area (Å²) in [4.78, 5) is 0. The third kappa shape index (κ3) is 0.726. The van der Waals surface area contributed by atoms with Gasteiger partial charge in [0.25, 0.3) is 0 Å². The molecule has 4 nitrogen and oxygen atoms in total. The topological polar surface area (TPSA) is 62.2 Å². The third-order valence-electron chi connectivity index (χ3n) is 0.730. The van der Waals surface area contributed by atoms with E-state index in [2.05, 4.69) is 14.8 Å². The minimum Gasteiger partial charge on any atom is -0.359 e. The zero-order valence-electron chi connectivity index (χ0n) is 4.38. The predicted molar refractivity (Wildman–Crippen MR) is 26.0 cm³/mol. The van der Waals surface area contributed by atoms with Gasteiger partial charge in [-0.15, -0.1) is 5.11 Å². The normalized spacial score (nSPS) is 9.12. The SMILES string of the molecule is Cc1cc(N=N)no1. The number of rotatable bonds is 1. The first-order chi connectivity index (χ1) is 3.83. The maximum Gasteiger partial charge on any atom is 0.216 e. The van der Waals surface area contributed by atoms with Gasteiger partial charge in [0.1, 0.15) is 5.76 Å². The minimum atomic E-state index is 0.322. The summed E-state index contributed by atoms with van der Waals surface area (Å²) < 4.78 is 4.59. The second kappa shape index (κ2) is 1.73. The molecule has 1 N–H and O–H groups in total. The number of nitrogens with zero attached hydrogens (tertiary/aromatic N) is 2. The largest absolute Gasteiger partial charge is 0.359 e. The second-order valence-electron chi connectivity index (χ2n) is 1.41. The van der Waals surface area contributed by atoms with E-state index in [-0.39, 0.29) is 0 Å². The quantitative estimate of drug-likeness (QED) is 0.560. The highest BCUT2D eigenvalue weighted by molar-refractivity contribution is 5.23. The van der Waals surface area contributed by atoms with E-state index in [4.69, 9.17) is 5.53 Å². The van der Waals surface area contributed by atoms with Crippen molar-refractivity contribution in [2.75, 3.05) is 0 Å². The Hall–Kier alpha value is -1.19. The first-order valence-corrected chi connectivity index (χ1v) is 2.13. The highest BCUT2D eigenvalue weighted by Gasteiger charge is 1.93. The lowest BCUT2D eigenvalue weighted by Crippen LogP contribution is -1.51. The zero-order valence-corrected chi connectivity index (χ0v) is 4.38. The van der Waals surface area contributed by atoms with Crippen LogP contribution in [0, 0.1) is 12.5 Å². The van der Waals surface area contributed by atoms with Crippen molar-refractivity contribution in [3.63, 3.8) is 0 Å². The summed E-state index contributed by atoms with van der Waals surface area (Å²) in [6.45, 7) is 1.75. The molecule has 0 amide bonds. The lowest BCUT2D eigenvalue weighted by atomic mass is 10.5. The monoisotopic (exact) mass is 111 g/mol. The van der Waals surface area contributed by atoms with Gasteiger partial charge in [-0.3, -0.25) is 0 Å². The molecular formula is C4H5N3O. The summed E-state index contributed by atoms with van der Waals surface area (Å²) in [5.74, 6) is 0.999. The fourth-order valence-electron chi connectivity index (χ4n) is 0.406. The van der Waals surface area contributed by atoms with Crippen LogP contribution in [0.1, 0.15) is 5.76 Å². The van der Waals surface area contributed by atoms with Gasteiger partial charge in [-0.25, -0.2) is 5.53 Å². The molecule has 0 aliphatic heterocycles. The molecule has 1 aromatic heterocycles. The van der Waals surface area contributed by atoms with Gasteiger partial charge in [0.2, 0.25) is 5.82 Å². The predicted octanol–water partition coefficient (Wildman–Crippen LogP) is 1.65. The van der Waals surface area contributed by atoms with Gasteiger partial charge < -0.3 is 4.52 Å². The van der Waals surface area contributed by atoms with Gasteiger partial charge >= 0.3 is 0 Å². The molecule has 0 unspecified atom stereocenters. The van der Waals surface area contributed by atoms with Crippen LogP contribution in [0.5, 0.6) is 0 Å². The Morgan fingerprint density at radius 3 is 2.88 bits per heavy atom. The standard InChI is InChI=1S/C4H5N3O/c1-3-2-4(6-5)7-8-3/h2,5H,1H3. The molecule has 4 heteroatoms. The lowest BCUT2D eigenvalue weighted by molar-refractivity contribution is 0.398. The van der Waals surface area contributed by atoms with E-state index < -0.39 is 0 Å². The van der Waals surface area contributed by atoms with Crippen molar-refractivity contribution in [3.05, 3.63) is 11.8 Å². The second-order valence-corrected chi connectivity index (χ2v) is 1.41. The molecule has 0 saturated carbocycles. The number of aromatic nitrogens is 1. The first kappa shape index (κ1) is 4.96. The van der Waals surface area contributed by atoms with E-state index in [1.54, 1.807) is 13.0 Å². The molecule has 0 aromatic carbocycles. The van der Waals surface area contributed by atoms with E-state index in [1.165, 1.54) is 0 Å². The molecule has 1 aromatic rings. The maximum atomic E-state index is 6.46. The van der Waals surface area contributed by atoms with E-state index in [9.17, 15) is 0 Å². The molecule has 0 atom stereocenters. The van der Waals surface area contributed by atoms with E-state index >= 15 is 0 Å². The van der Waals surface area contributed by atoms with Crippen LogP contribution >= 0.6 is 0 Å². The molecule has 1 heterocycles. The Bertz CT molecular complexity index is 193. The van der Waals surface area contributed by atoms with Gasteiger partial charge in [-0.1, -0.05) is 5.16 Å². The molecule has 0 spiro atoms. The molecule has 8 heavy (non-hydrogen) atoms. The minimum absolute atomic E-state index is 0.322. The fourth-order valence-corrected chi connectivity index (χ4v) is 0.406. The summed E-state index contributed by atoms with van der Waals surface area (Å²) in [7, 11) is 0. The van der Waals surface area contributed by atoms with Gasteiger partial charge in [0.05, 0.1) is 0 Å². The number of hydrogen-bond acceptors (Lipinski definition) is 4. The van der Waals surface area contributed by atoms with Crippen LogP contribution in [-0.2, 0) is 0 Å². The smallest absolute Gasteiger partial charge is 0.216 e. The number of nitrogens with one attached hydrogen (secondary N) is 1. The van der Waals surface area contributed by atoms with Gasteiger partial charge in [-0.2, -0.15) is 0 Å². The van der Waals surface area contributed by atoms with Gasteiger partial charge in [-0.05, 0) is 6.92 Å². The first-order valence-electron chi connectivity index (χ1n) is 2.13. The van der Waals surface area contributed by atoms with Crippen LogP contribution in [0.15, 0.2) is 15.7 Å². The molecule has 1 rings (SSSR count). The van der Waals surface area contributed by atoms with E-state index in [0.717, 1.165) is 0 Å². The molecule has 0 saturated heterocycles. The highest BCUT2D eigenvalue weighted by Crippen LogP contribution is 2.08. The summed E-state index contributed by atoms with van der Waals surface area (Å²) in [6.07, 6.45) is 0. The van der Waals surface area contributed by atoms with Gasteiger partial charge in [0.15, 0.2) is 0 Å². The van der Waals surface area contributed by atoms with Crippen LogP contribution in [0.3, 0.4) is 0 Å². The summed E-state index contributed by atoms with van der Waals surface area (Å²) in [5, 5.41) is 6.44. The Labute approximate surface area is 46.0 Å². The van der Waals surface area contributed by atoms with Crippen LogP contribution in [0.4, 0.5) is 5.82 Å². The van der Waals surface area contributed by atoms with Crippen molar-refractivity contribution in [3.8, 4) is 0 Å². The van der Waals surface area contributed by atoms with Crippen LogP contribution in [-0.4, -0.2) is 5.16 Å². The molecule has 0 radical (unpaired) electrons. The van der Waals surface area contributed by atoms with Gasteiger partial charge in [0, 0.05) is 6.07 Å². The molecule has 0 aliphatic rings.